The van der Waals surface area contributed by atoms with Gasteiger partial charge in [-0.15, -0.1) is 0 Å². The minimum atomic E-state index is 0.692. The van der Waals surface area contributed by atoms with Gasteiger partial charge < -0.3 is 15.4 Å². The molecule has 0 amide bonds. The number of aryl methyl sites for hydroxylation is 1. The lowest BCUT2D eigenvalue weighted by Crippen LogP contribution is -2.17. The molecule has 0 aromatic heterocycles. The quantitative estimate of drug-likeness (QED) is 0.755. The predicted molar refractivity (Wildman–Crippen MR) is 60.3 cm³/mol. The van der Waals surface area contributed by atoms with Crippen molar-refractivity contribution in [3.05, 3.63) is 22.7 Å². The molecule has 0 saturated heterocycles. The predicted octanol–water partition coefficient (Wildman–Crippen LogP) is 2.25. The van der Waals surface area contributed by atoms with E-state index >= 15 is 0 Å². The Kier molecular flexibility index (Phi) is 4.04. The lowest BCUT2D eigenvalue weighted by atomic mass is 10.2. The number of ether oxygens (including phenoxy) is 1. The molecule has 1 aromatic carbocycles. The minimum absolute atomic E-state index is 0.692. The molecular formula is C10H15ClN2O. The average Bonchev–Trinajstić information content (AvgIpc) is 2.19. The average molecular weight is 215 g/mol. The van der Waals surface area contributed by atoms with Gasteiger partial charge >= 0.3 is 0 Å². The van der Waals surface area contributed by atoms with Crippen molar-refractivity contribution in [3.8, 4) is 5.75 Å². The number of anilines is 1. The van der Waals surface area contributed by atoms with Crippen molar-refractivity contribution in [1.29, 1.82) is 0 Å². The summed E-state index contributed by atoms with van der Waals surface area (Å²) in [5.74, 6) is 0.760. The van der Waals surface area contributed by atoms with E-state index in [0.29, 0.717) is 6.67 Å². The third-order valence-electron chi connectivity index (χ3n) is 1.94. The zero-order valence-corrected chi connectivity index (χ0v) is 9.40. The molecule has 1 aromatic rings. The molecule has 0 aliphatic carbocycles. The highest BCUT2D eigenvalue weighted by molar-refractivity contribution is 6.31. The summed E-state index contributed by atoms with van der Waals surface area (Å²) in [6.45, 7) is 2.66. The normalized spacial score (nSPS) is 10.0. The minimum Gasteiger partial charge on any atom is -0.495 e. The maximum Gasteiger partial charge on any atom is 0.143 e. The van der Waals surface area contributed by atoms with Gasteiger partial charge in [0.15, 0.2) is 0 Å². The molecular weight excluding hydrogens is 200 g/mol. The lowest BCUT2D eigenvalue weighted by Gasteiger charge is -2.12. The number of hydrogen-bond acceptors (Lipinski definition) is 3. The first-order chi connectivity index (χ1) is 6.69. The van der Waals surface area contributed by atoms with Crippen LogP contribution in [0.4, 0.5) is 5.69 Å². The van der Waals surface area contributed by atoms with Crippen LogP contribution >= 0.6 is 11.6 Å². The van der Waals surface area contributed by atoms with E-state index in [2.05, 4.69) is 10.6 Å². The fourth-order valence-electron chi connectivity index (χ4n) is 1.15. The van der Waals surface area contributed by atoms with E-state index in [0.717, 1.165) is 22.0 Å². The van der Waals surface area contributed by atoms with Gasteiger partial charge in [0, 0.05) is 11.1 Å². The van der Waals surface area contributed by atoms with Gasteiger partial charge in [0.2, 0.25) is 0 Å². The number of hydrogen-bond donors (Lipinski definition) is 2. The van der Waals surface area contributed by atoms with E-state index < -0.39 is 0 Å². The highest BCUT2D eigenvalue weighted by Crippen LogP contribution is 2.30. The molecule has 0 unspecified atom stereocenters. The van der Waals surface area contributed by atoms with Crippen LogP contribution in [0.25, 0.3) is 0 Å². The topological polar surface area (TPSA) is 33.3 Å². The van der Waals surface area contributed by atoms with E-state index in [4.69, 9.17) is 16.3 Å². The summed E-state index contributed by atoms with van der Waals surface area (Å²) < 4.78 is 5.20. The molecule has 4 heteroatoms. The van der Waals surface area contributed by atoms with Crippen LogP contribution in [-0.2, 0) is 0 Å². The molecule has 1 rings (SSSR count). The second-order valence-electron chi connectivity index (χ2n) is 3.01. The van der Waals surface area contributed by atoms with Gasteiger partial charge in [0.1, 0.15) is 5.75 Å². The summed E-state index contributed by atoms with van der Waals surface area (Å²) in [4.78, 5) is 0. The Morgan fingerprint density at radius 2 is 2.14 bits per heavy atom. The second kappa shape index (κ2) is 5.08. The molecule has 0 radical (unpaired) electrons. The number of benzene rings is 1. The SMILES string of the molecule is CNCNc1cc(C)c(Cl)cc1OC. The monoisotopic (exact) mass is 214 g/mol. The van der Waals surface area contributed by atoms with Crippen molar-refractivity contribution in [2.24, 2.45) is 0 Å². The molecule has 2 N–H and O–H groups in total. The van der Waals surface area contributed by atoms with E-state index in [1.54, 1.807) is 7.11 Å². The molecule has 0 saturated carbocycles. The molecule has 0 fully saturated rings. The summed E-state index contributed by atoms with van der Waals surface area (Å²) in [5.41, 5.74) is 1.98. The van der Waals surface area contributed by atoms with Gasteiger partial charge in [0.05, 0.1) is 19.5 Å². The van der Waals surface area contributed by atoms with Crippen LogP contribution in [0.2, 0.25) is 5.02 Å². The third kappa shape index (κ3) is 2.53. The summed E-state index contributed by atoms with van der Waals surface area (Å²) in [6.07, 6.45) is 0. The van der Waals surface area contributed by atoms with Gasteiger partial charge in [-0.3, -0.25) is 0 Å². The zero-order valence-electron chi connectivity index (χ0n) is 8.65. The molecule has 0 atom stereocenters. The Bertz CT molecular complexity index is 315. The van der Waals surface area contributed by atoms with Crippen molar-refractivity contribution >= 4 is 17.3 Å². The van der Waals surface area contributed by atoms with Crippen molar-refractivity contribution in [2.45, 2.75) is 6.92 Å². The highest BCUT2D eigenvalue weighted by atomic mass is 35.5. The van der Waals surface area contributed by atoms with Crippen LogP contribution in [0.3, 0.4) is 0 Å². The Morgan fingerprint density at radius 1 is 1.43 bits per heavy atom. The van der Waals surface area contributed by atoms with Gasteiger partial charge in [-0.1, -0.05) is 11.6 Å². The van der Waals surface area contributed by atoms with Gasteiger partial charge in [-0.25, -0.2) is 0 Å². The largest absolute Gasteiger partial charge is 0.495 e. The van der Waals surface area contributed by atoms with E-state index in [-0.39, 0.29) is 0 Å². The van der Waals surface area contributed by atoms with E-state index in [1.807, 2.05) is 26.1 Å². The van der Waals surface area contributed by atoms with E-state index in [1.165, 1.54) is 0 Å². The highest BCUT2D eigenvalue weighted by Gasteiger charge is 2.05. The zero-order chi connectivity index (χ0) is 10.6. The number of rotatable bonds is 4. The van der Waals surface area contributed by atoms with Crippen LogP contribution < -0.4 is 15.4 Å². The Labute approximate surface area is 89.4 Å². The Morgan fingerprint density at radius 3 is 2.71 bits per heavy atom. The molecule has 14 heavy (non-hydrogen) atoms. The van der Waals surface area contributed by atoms with Crippen LogP contribution in [-0.4, -0.2) is 20.8 Å². The van der Waals surface area contributed by atoms with Crippen LogP contribution in [0.15, 0.2) is 12.1 Å². The van der Waals surface area contributed by atoms with Gasteiger partial charge in [0.25, 0.3) is 0 Å². The standard InChI is InChI=1S/C10H15ClN2O/c1-7-4-9(13-6-12-2)10(14-3)5-8(7)11/h4-5,12-13H,6H2,1-3H3. The molecule has 0 heterocycles. The van der Waals surface area contributed by atoms with Crippen molar-refractivity contribution in [3.63, 3.8) is 0 Å². The summed E-state index contributed by atoms with van der Waals surface area (Å²) >= 11 is 5.98. The number of nitrogens with one attached hydrogen (secondary N) is 2. The van der Waals surface area contributed by atoms with Gasteiger partial charge in [-0.05, 0) is 25.6 Å². The maximum atomic E-state index is 5.98. The molecule has 0 aliphatic rings. The van der Waals surface area contributed by atoms with Crippen LogP contribution in [0.5, 0.6) is 5.75 Å². The molecule has 0 bridgehead atoms. The second-order valence-corrected chi connectivity index (χ2v) is 3.42. The first-order valence-corrected chi connectivity index (χ1v) is 4.79. The van der Waals surface area contributed by atoms with Crippen LogP contribution in [0, 0.1) is 6.92 Å². The lowest BCUT2D eigenvalue weighted by molar-refractivity contribution is 0.416. The van der Waals surface area contributed by atoms with Gasteiger partial charge in [-0.2, -0.15) is 0 Å². The summed E-state index contributed by atoms with van der Waals surface area (Å²) in [6, 6.07) is 3.79. The first-order valence-electron chi connectivity index (χ1n) is 4.41. The number of methoxy groups -OCH3 is 1. The first kappa shape index (κ1) is 11.1. The molecule has 0 spiro atoms. The fourth-order valence-corrected chi connectivity index (χ4v) is 1.31. The Balaban J connectivity index is 2.95. The van der Waals surface area contributed by atoms with Crippen LogP contribution in [0.1, 0.15) is 5.56 Å². The Hall–Kier alpha value is -0.930. The fraction of sp³-hybridized carbons (Fsp3) is 0.400. The smallest absolute Gasteiger partial charge is 0.143 e. The van der Waals surface area contributed by atoms with Crippen molar-refractivity contribution < 1.29 is 4.74 Å². The summed E-state index contributed by atoms with van der Waals surface area (Å²) in [7, 11) is 3.51. The maximum absolute atomic E-state index is 5.98. The van der Waals surface area contributed by atoms with Crippen molar-refractivity contribution in [2.75, 3.05) is 26.1 Å². The molecule has 78 valence electrons. The summed E-state index contributed by atoms with van der Waals surface area (Å²) in [5, 5.41) is 6.91. The number of halogens is 1. The molecule has 3 nitrogen and oxygen atoms in total. The third-order valence-corrected chi connectivity index (χ3v) is 2.34. The molecule has 0 aliphatic heterocycles. The van der Waals surface area contributed by atoms with Crippen molar-refractivity contribution in [1.82, 2.24) is 5.32 Å². The van der Waals surface area contributed by atoms with E-state index in [9.17, 15) is 0 Å².